The highest BCUT2D eigenvalue weighted by molar-refractivity contribution is 6.00. The summed E-state index contributed by atoms with van der Waals surface area (Å²) in [5, 5.41) is 8.07. The lowest BCUT2D eigenvalue weighted by molar-refractivity contribution is 0.0710. The highest BCUT2D eigenvalue weighted by Gasteiger charge is 2.26. The molecule has 1 N–H and O–H groups in total. The second kappa shape index (κ2) is 9.68. The van der Waals surface area contributed by atoms with Gasteiger partial charge in [-0.15, -0.1) is 24.8 Å². The van der Waals surface area contributed by atoms with Gasteiger partial charge in [-0.3, -0.25) is 9.78 Å². The van der Waals surface area contributed by atoms with Crippen molar-refractivity contribution < 1.29 is 4.79 Å². The molecule has 1 saturated heterocycles. The summed E-state index contributed by atoms with van der Waals surface area (Å²) in [5.41, 5.74) is 3.04. The fourth-order valence-electron chi connectivity index (χ4n) is 3.25. The third kappa shape index (κ3) is 4.52. The van der Waals surface area contributed by atoms with Crippen molar-refractivity contribution in [2.24, 2.45) is 0 Å². The summed E-state index contributed by atoms with van der Waals surface area (Å²) in [6.07, 6.45) is 5.29. The summed E-state index contributed by atoms with van der Waals surface area (Å²) in [6.45, 7) is 4.30. The number of pyridine rings is 1. The van der Waals surface area contributed by atoms with Gasteiger partial charge < -0.3 is 10.2 Å². The lowest BCUT2D eigenvalue weighted by Gasteiger charge is -2.31. The standard InChI is InChI=1S/C20H21N5O.2ClH/c1-15-13-24(11-10-22-15)20(26)18-14-25(17-7-3-2-4-8-17)23-19(18)16-6-5-9-21-12-16;;/h2-9,12,14-15,22H,10-11,13H2,1H3;2*1H. The van der Waals surface area contributed by atoms with Gasteiger partial charge in [0.1, 0.15) is 5.69 Å². The molecule has 1 aliphatic rings. The molecule has 3 heterocycles. The maximum Gasteiger partial charge on any atom is 0.257 e. The second-order valence-corrected chi connectivity index (χ2v) is 6.52. The maximum absolute atomic E-state index is 13.2. The van der Waals surface area contributed by atoms with E-state index in [0.29, 0.717) is 30.4 Å². The number of carbonyl (C=O) groups is 1. The van der Waals surface area contributed by atoms with E-state index in [4.69, 9.17) is 5.10 Å². The van der Waals surface area contributed by atoms with Crippen LogP contribution in [0, 0.1) is 0 Å². The molecule has 8 heteroatoms. The summed E-state index contributed by atoms with van der Waals surface area (Å²) in [5.74, 6) is 0.0133. The van der Waals surface area contributed by atoms with Crippen molar-refractivity contribution in [3.05, 3.63) is 66.6 Å². The molecular formula is C20H23Cl2N5O. The number of hydrogen-bond acceptors (Lipinski definition) is 4. The Morgan fingerprint density at radius 1 is 1.14 bits per heavy atom. The van der Waals surface area contributed by atoms with Crippen LogP contribution in [0.15, 0.2) is 61.1 Å². The third-order valence-electron chi connectivity index (χ3n) is 4.56. The van der Waals surface area contributed by atoms with Gasteiger partial charge in [0.2, 0.25) is 0 Å². The van der Waals surface area contributed by atoms with E-state index in [1.54, 1.807) is 17.1 Å². The van der Waals surface area contributed by atoms with Crippen molar-refractivity contribution in [2.45, 2.75) is 13.0 Å². The molecule has 0 bridgehead atoms. The molecule has 1 aliphatic heterocycles. The van der Waals surface area contributed by atoms with E-state index in [2.05, 4.69) is 17.2 Å². The number of carbonyl (C=O) groups excluding carboxylic acids is 1. The van der Waals surface area contributed by atoms with Gasteiger partial charge in [0.05, 0.1) is 11.3 Å². The van der Waals surface area contributed by atoms with Crippen LogP contribution >= 0.6 is 24.8 Å². The molecule has 28 heavy (non-hydrogen) atoms. The van der Waals surface area contributed by atoms with Gasteiger partial charge in [-0.2, -0.15) is 5.10 Å². The van der Waals surface area contributed by atoms with Crippen molar-refractivity contribution in [1.82, 2.24) is 25.0 Å². The van der Waals surface area contributed by atoms with E-state index in [1.807, 2.05) is 53.6 Å². The molecule has 0 saturated carbocycles. The zero-order chi connectivity index (χ0) is 17.9. The van der Waals surface area contributed by atoms with Gasteiger partial charge in [-0.05, 0) is 31.2 Å². The van der Waals surface area contributed by atoms with E-state index in [-0.39, 0.29) is 30.7 Å². The largest absolute Gasteiger partial charge is 0.336 e. The van der Waals surface area contributed by atoms with E-state index in [0.717, 1.165) is 17.8 Å². The zero-order valence-electron chi connectivity index (χ0n) is 15.5. The molecule has 1 aromatic carbocycles. The van der Waals surface area contributed by atoms with Gasteiger partial charge in [0.15, 0.2) is 0 Å². The van der Waals surface area contributed by atoms with E-state index < -0.39 is 0 Å². The molecule has 4 rings (SSSR count). The Morgan fingerprint density at radius 3 is 2.61 bits per heavy atom. The molecule has 0 aliphatic carbocycles. The molecule has 2 aromatic heterocycles. The minimum Gasteiger partial charge on any atom is -0.336 e. The average Bonchev–Trinajstić information content (AvgIpc) is 3.14. The van der Waals surface area contributed by atoms with Crippen LogP contribution in [0.2, 0.25) is 0 Å². The number of hydrogen-bond donors (Lipinski definition) is 1. The molecule has 1 fully saturated rings. The van der Waals surface area contributed by atoms with Crippen LogP contribution in [0.3, 0.4) is 0 Å². The Labute approximate surface area is 176 Å². The highest BCUT2D eigenvalue weighted by atomic mass is 35.5. The number of benzene rings is 1. The Hall–Kier alpha value is -2.41. The minimum atomic E-state index is 0. The first-order valence-electron chi connectivity index (χ1n) is 8.80. The summed E-state index contributed by atoms with van der Waals surface area (Å²) in [6, 6.07) is 13.9. The first-order chi connectivity index (χ1) is 12.7. The number of piperazine rings is 1. The van der Waals surface area contributed by atoms with E-state index in [1.165, 1.54) is 0 Å². The summed E-state index contributed by atoms with van der Waals surface area (Å²) in [4.78, 5) is 19.3. The van der Waals surface area contributed by atoms with Crippen LogP contribution in [-0.2, 0) is 0 Å². The normalized spacial score (nSPS) is 16.0. The lowest BCUT2D eigenvalue weighted by atomic mass is 10.1. The fraction of sp³-hybridized carbons (Fsp3) is 0.250. The first kappa shape index (κ1) is 21.9. The van der Waals surface area contributed by atoms with Crippen LogP contribution < -0.4 is 5.32 Å². The Morgan fingerprint density at radius 2 is 1.93 bits per heavy atom. The molecule has 1 amide bonds. The fourth-order valence-corrected chi connectivity index (χ4v) is 3.25. The molecule has 6 nitrogen and oxygen atoms in total. The predicted octanol–water partition coefficient (Wildman–Crippen LogP) is 3.21. The lowest BCUT2D eigenvalue weighted by Crippen LogP contribution is -2.51. The van der Waals surface area contributed by atoms with E-state index >= 15 is 0 Å². The maximum atomic E-state index is 13.2. The van der Waals surface area contributed by atoms with Crippen molar-refractivity contribution in [3.8, 4) is 16.9 Å². The molecule has 148 valence electrons. The summed E-state index contributed by atoms with van der Waals surface area (Å²) < 4.78 is 1.77. The number of para-hydroxylation sites is 1. The number of nitrogens with one attached hydrogen (secondary N) is 1. The van der Waals surface area contributed by atoms with Crippen molar-refractivity contribution >= 4 is 30.7 Å². The highest BCUT2D eigenvalue weighted by Crippen LogP contribution is 2.24. The minimum absolute atomic E-state index is 0. The molecule has 3 aromatic rings. The Balaban J connectivity index is 0.00000140. The topological polar surface area (TPSA) is 63.1 Å². The average molecular weight is 420 g/mol. The molecule has 0 radical (unpaired) electrons. The van der Waals surface area contributed by atoms with Crippen LogP contribution in [0.1, 0.15) is 17.3 Å². The molecule has 1 unspecified atom stereocenters. The smallest absolute Gasteiger partial charge is 0.257 e. The van der Waals surface area contributed by atoms with Gasteiger partial charge in [0.25, 0.3) is 5.91 Å². The predicted molar refractivity (Wildman–Crippen MR) is 115 cm³/mol. The Kier molecular flexibility index (Phi) is 7.57. The quantitative estimate of drug-likeness (QED) is 0.707. The molecular weight excluding hydrogens is 397 g/mol. The van der Waals surface area contributed by atoms with Crippen molar-refractivity contribution in [2.75, 3.05) is 19.6 Å². The third-order valence-corrected chi connectivity index (χ3v) is 4.56. The van der Waals surface area contributed by atoms with Gasteiger partial charge >= 0.3 is 0 Å². The number of rotatable bonds is 3. The van der Waals surface area contributed by atoms with Crippen LogP contribution in [0.5, 0.6) is 0 Å². The second-order valence-electron chi connectivity index (χ2n) is 6.52. The van der Waals surface area contributed by atoms with Gasteiger partial charge in [-0.1, -0.05) is 18.2 Å². The number of nitrogens with zero attached hydrogens (tertiary/aromatic N) is 4. The van der Waals surface area contributed by atoms with Crippen molar-refractivity contribution in [1.29, 1.82) is 0 Å². The first-order valence-corrected chi connectivity index (χ1v) is 8.80. The number of halogens is 2. The SMILES string of the molecule is CC1CN(C(=O)c2cn(-c3ccccc3)nc2-c2cccnc2)CCN1.Cl.Cl. The van der Waals surface area contributed by atoms with Crippen LogP contribution in [0.25, 0.3) is 16.9 Å². The summed E-state index contributed by atoms with van der Waals surface area (Å²) >= 11 is 0. The molecule has 0 spiro atoms. The van der Waals surface area contributed by atoms with Crippen LogP contribution in [-0.4, -0.2) is 51.2 Å². The van der Waals surface area contributed by atoms with Crippen molar-refractivity contribution in [3.63, 3.8) is 0 Å². The van der Waals surface area contributed by atoms with Crippen LogP contribution in [0.4, 0.5) is 0 Å². The monoisotopic (exact) mass is 419 g/mol. The van der Waals surface area contributed by atoms with E-state index in [9.17, 15) is 4.79 Å². The van der Waals surface area contributed by atoms with Gasteiger partial charge in [-0.25, -0.2) is 4.68 Å². The van der Waals surface area contributed by atoms with Gasteiger partial charge in [0, 0.05) is 49.8 Å². The zero-order valence-corrected chi connectivity index (χ0v) is 17.1. The number of amides is 1. The Bertz CT molecular complexity index is 901. The molecule has 1 atom stereocenters. The summed E-state index contributed by atoms with van der Waals surface area (Å²) in [7, 11) is 0. The number of aromatic nitrogens is 3.